The van der Waals surface area contributed by atoms with E-state index < -0.39 is 11.4 Å². The molecular formula is C28H36FN5O5. The van der Waals surface area contributed by atoms with Crippen molar-refractivity contribution < 1.29 is 28.3 Å². The summed E-state index contributed by atoms with van der Waals surface area (Å²) in [6, 6.07) is 6.12. The maximum absolute atomic E-state index is 13.7. The van der Waals surface area contributed by atoms with E-state index in [1.807, 2.05) is 20.8 Å². The molecule has 2 heterocycles. The first kappa shape index (κ1) is 28.3. The van der Waals surface area contributed by atoms with Crippen molar-refractivity contribution in [2.45, 2.75) is 84.1 Å². The van der Waals surface area contributed by atoms with E-state index in [1.54, 1.807) is 19.1 Å². The number of methoxy groups -OCH3 is 1. The molecule has 2 N–H and O–H groups in total. The maximum atomic E-state index is 13.7. The third-order valence-electron chi connectivity index (χ3n) is 6.75. The Hall–Kier alpha value is -3.76. The van der Waals surface area contributed by atoms with Crippen molar-refractivity contribution in [3.8, 4) is 5.75 Å². The molecule has 210 valence electrons. The molecule has 1 aliphatic heterocycles. The summed E-state index contributed by atoms with van der Waals surface area (Å²) in [6.45, 7) is 7.44. The van der Waals surface area contributed by atoms with Gasteiger partial charge in [0.1, 0.15) is 28.9 Å². The smallest absolute Gasteiger partial charge is 0.407 e. The molecular weight excluding hydrogens is 505 g/mol. The molecule has 0 saturated heterocycles. The van der Waals surface area contributed by atoms with Crippen LogP contribution < -0.4 is 15.4 Å². The van der Waals surface area contributed by atoms with Crippen LogP contribution in [0.5, 0.6) is 5.75 Å². The van der Waals surface area contributed by atoms with Gasteiger partial charge in [-0.2, -0.15) is 0 Å². The minimum absolute atomic E-state index is 0.0801. The number of carbonyl (C=O) groups excluding carboxylic acids is 2. The van der Waals surface area contributed by atoms with E-state index >= 15 is 0 Å². The lowest BCUT2D eigenvalue weighted by Crippen LogP contribution is -2.42. The van der Waals surface area contributed by atoms with Crippen molar-refractivity contribution in [2.75, 3.05) is 7.11 Å². The maximum Gasteiger partial charge on any atom is 0.407 e. The molecule has 1 aromatic heterocycles. The highest BCUT2D eigenvalue weighted by atomic mass is 19.1. The van der Waals surface area contributed by atoms with Gasteiger partial charge in [0.2, 0.25) is 0 Å². The first-order valence-corrected chi connectivity index (χ1v) is 13.2. The lowest BCUT2D eigenvalue weighted by molar-refractivity contribution is 0.0207. The SMILES string of the molecule is COc1cc(CNC(=O)c2cc(C3=NOC([C@H]4CC[C@H](NC(=O)OC(C)(C)C)CC4)C3)nc(C)n2)ccc1F. The zero-order valence-electron chi connectivity index (χ0n) is 23.0. The Bertz CT molecular complexity index is 1240. The molecule has 10 nitrogen and oxygen atoms in total. The van der Waals surface area contributed by atoms with Gasteiger partial charge in [0.25, 0.3) is 5.91 Å². The fraction of sp³-hybridized carbons (Fsp3) is 0.536. The van der Waals surface area contributed by atoms with E-state index in [-0.39, 0.29) is 42.1 Å². The monoisotopic (exact) mass is 541 g/mol. The normalized spacial score (nSPS) is 21.0. The largest absolute Gasteiger partial charge is 0.494 e. The zero-order valence-corrected chi connectivity index (χ0v) is 23.0. The molecule has 1 fully saturated rings. The number of oxime groups is 1. The molecule has 2 amide bonds. The van der Waals surface area contributed by atoms with Gasteiger partial charge in [-0.1, -0.05) is 11.2 Å². The van der Waals surface area contributed by atoms with Crippen molar-refractivity contribution in [3.63, 3.8) is 0 Å². The molecule has 2 aliphatic rings. The minimum Gasteiger partial charge on any atom is -0.494 e. The van der Waals surface area contributed by atoms with Gasteiger partial charge in [-0.05, 0) is 83.1 Å². The van der Waals surface area contributed by atoms with E-state index in [1.165, 1.54) is 19.2 Å². The highest BCUT2D eigenvalue weighted by molar-refractivity contribution is 6.01. The van der Waals surface area contributed by atoms with Crippen LogP contribution in [0.25, 0.3) is 0 Å². The van der Waals surface area contributed by atoms with Crippen molar-refractivity contribution in [2.24, 2.45) is 11.1 Å². The van der Waals surface area contributed by atoms with Crippen LogP contribution in [0.4, 0.5) is 9.18 Å². The van der Waals surface area contributed by atoms with Crippen LogP contribution in [0, 0.1) is 18.7 Å². The fourth-order valence-electron chi connectivity index (χ4n) is 4.83. The second-order valence-corrected chi connectivity index (χ2v) is 11.0. The summed E-state index contributed by atoms with van der Waals surface area (Å²) < 4.78 is 24.0. The first-order valence-electron chi connectivity index (χ1n) is 13.2. The quantitative estimate of drug-likeness (QED) is 0.531. The van der Waals surface area contributed by atoms with Crippen LogP contribution in [-0.4, -0.2) is 52.5 Å². The number of aryl methyl sites for hydroxylation is 1. The van der Waals surface area contributed by atoms with Crippen molar-refractivity contribution in [1.82, 2.24) is 20.6 Å². The molecule has 1 aromatic carbocycles. The van der Waals surface area contributed by atoms with E-state index in [2.05, 4.69) is 25.8 Å². The number of benzene rings is 1. The summed E-state index contributed by atoms with van der Waals surface area (Å²) in [5.74, 6) is 0.0229. The Morgan fingerprint density at radius 2 is 1.87 bits per heavy atom. The van der Waals surface area contributed by atoms with E-state index in [4.69, 9.17) is 14.3 Å². The topological polar surface area (TPSA) is 124 Å². The summed E-state index contributed by atoms with van der Waals surface area (Å²) in [4.78, 5) is 39.5. The number of amides is 2. The highest BCUT2D eigenvalue weighted by Gasteiger charge is 2.35. The summed E-state index contributed by atoms with van der Waals surface area (Å²) in [5, 5.41) is 10.1. The van der Waals surface area contributed by atoms with Crippen molar-refractivity contribution in [1.29, 1.82) is 0 Å². The Labute approximate surface area is 227 Å². The number of ether oxygens (including phenoxy) is 2. The molecule has 2 aromatic rings. The third kappa shape index (κ3) is 7.64. The predicted octanol–water partition coefficient (Wildman–Crippen LogP) is 4.44. The van der Waals surface area contributed by atoms with Gasteiger partial charge in [0, 0.05) is 19.0 Å². The zero-order chi connectivity index (χ0) is 28.2. The predicted molar refractivity (Wildman–Crippen MR) is 142 cm³/mol. The Morgan fingerprint density at radius 3 is 2.56 bits per heavy atom. The van der Waals surface area contributed by atoms with Crippen LogP contribution in [0.3, 0.4) is 0 Å². The van der Waals surface area contributed by atoms with Crippen LogP contribution in [-0.2, 0) is 16.1 Å². The van der Waals surface area contributed by atoms with Gasteiger partial charge < -0.3 is 24.9 Å². The average molecular weight is 542 g/mol. The molecule has 4 rings (SSSR count). The molecule has 11 heteroatoms. The number of hydrogen-bond acceptors (Lipinski definition) is 8. The number of nitrogens with one attached hydrogen (secondary N) is 2. The highest BCUT2D eigenvalue weighted by Crippen LogP contribution is 2.33. The third-order valence-corrected chi connectivity index (χ3v) is 6.75. The molecule has 39 heavy (non-hydrogen) atoms. The van der Waals surface area contributed by atoms with Crippen LogP contribution in [0.15, 0.2) is 29.4 Å². The molecule has 1 aliphatic carbocycles. The molecule has 0 radical (unpaired) electrons. The van der Waals surface area contributed by atoms with Gasteiger partial charge in [-0.25, -0.2) is 19.2 Å². The van der Waals surface area contributed by atoms with Crippen LogP contribution in [0.1, 0.15) is 80.4 Å². The Balaban J connectivity index is 1.30. The van der Waals surface area contributed by atoms with Crippen molar-refractivity contribution in [3.05, 3.63) is 52.9 Å². The number of aromatic nitrogens is 2. The van der Waals surface area contributed by atoms with Gasteiger partial charge in [-0.3, -0.25) is 4.79 Å². The van der Waals surface area contributed by atoms with Crippen LogP contribution >= 0.6 is 0 Å². The fourth-order valence-corrected chi connectivity index (χ4v) is 4.83. The minimum atomic E-state index is -0.524. The van der Waals surface area contributed by atoms with Gasteiger partial charge in [0.05, 0.1) is 12.8 Å². The number of carbonyl (C=O) groups is 2. The standard InChI is InChI=1S/C28H36FN5O5/c1-16-31-21(13-23(32-16)26(35)30-15-17-6-11-20(29)25(12-17)37-5)22-14-24(39-34-22)18-7-9-19(10-8-18)33-27(36)38-28(2,3)4/h6,11-13,18-19,24H,7-10,14-15H2,1-5H3,(H,30,35)(H,33,36)/t18-,19-,24?. The number of rotatable bonds is 7. The summed E-state index contributed by atoms with van der Waals surface area (Å²) in [6.07, 6.45) is 3.61. The van der Waals surface area contributed by atoms with Gasteiger partial charge >= 0.3 is 6.09 Å². The van der Waals surface area contributed by atoms with E-state index in [0.717, 1.165) is 25.7 Å². The summed E-state index contributed by atoms with van der Waals surface area (Å²) in [7, 11) is 1.39. The van der Waals surface area contributed by atoms with E-state index in [9.17, 15) is 14.0 Å². The number of hydrogen-bond donors (Lipinski definition) is 2. The number of halogens is 1. The van der Waals surface area contributed by atoms with Crippen LogP contribution in [0.2, 0.25) is 0 Å². The second-order valence-electron chi connectivity index (χ2n) is 11.0. The molecule has 0 bridgehead atoms. The molecule has 0 spiro atoms. The number of nitrogens with zero attached hydrogens (tertiary/aromatic N) is 3. The molecule has 1 unspecified atom stereocenters. The van der Waals surface area contributed by atoms with Gasteiger partial charge in [-0.15, -0.1) is 0 Å². The lowest BCUT2D eigenvalue weighted by Gasteiger charge is -2.31. The summed E-state index contributed by atoms with van der Waals surface area (Å²) in [5.41, 5.74) is 1.62. The number of alkyl carbamates (subject to hydrolysis) is 1. The Morgan fingerprint density at radius 1 is 1.13 bits per heavy atom. The molecule has 1 saturated carbocycles. The molecule has 1 atom stereocenters. The Kier molecular flexibility index (Phi) is 8.66. The van der Waals surface area contributed by atoms with E-state index in [0.29, 0.717) is 35.1 Å². The first-order chi connectivity index (χ1) is 18.5. The second kappa shape index (κ2) is 12.0. The summed E-state index contributed by atoms with van der Waals surface area (Å²) >= 11 is 0. The van der Waals surface area contributed by atoms with Crippen molar-refractivity contribution >= 4 is 17.7 Å². The van der Waals surface area contributed by atoms with Gasteiger partial charge in [0.15, 0.2) is 11.6 Å². The average Bonchev–Trinajstić information content (AvgIpc) is 3.37. The lowest BCUT2D eigenvalue weighted by atomic mass is 9.81.